The molecular weight excluding hydrogens is 360 g/mol. The van der Waals surface area contributed by atoms with Crippen LogP contribution in [0.2, 0.25) is 0 Å². The highest BCUT2D eigenvalue weighted by Crippen LogP contribution is 2.30. The molecule has 1 unspecified atom stereocenters. The van der Waals surface area contributed by atoms with Gasteiger partial charge in [-0.3, -0.25) is 4.79 Å². The van der Waals surface area contributed by atoms with Crippen molar-refractivity contribution < 1.29 is 14.3 Å². The van der Waals surface area contributed by atoms with Gasteiger partial charge in [-0.1, -0.05) is 15.9 Å². The zero-order valence-corrected chi connectivity index (χ0v) is 14.8. The van der Waals surface area contributed by atoms with Gasteiger partial charge in [-0.05, 0) is 43.3 Å². The van der Waals surface area contributed by atoms with E-state index in [4.69, 9.17) is 9.47 Å². The first-order valence-electron chi connectivity index (χ1n) is 7.08. The van der Waals surface area contributed by atoms with Gasteiger partial charge in [-0.15, -0.1) is 0 Å². The van der Waals surface area contributed by atoms with E-state index in [-0.39, 0.29) is 5.91 Å². The number of hydrogen-bond donors (Lipinski definition) is 2. The number of carbonyl (C=O) groups is 1. The predicted octanol–water partition coefficient (Wildman–Crippen LogP) is 3.91. The molecule has 0 aliphatic rings. The first kappa shape index (κ1) is 17.1. The van der Waals surface area contributed by atoms with E-state index >= 15 is 0 Å². The molecule has 6 heteroatoms. The number of ether oxygens (including phenoxy) is 2. The van der Waals surface area contributed by atoms with E-state index in [0.717, 1.165) is 15.8 Å². The van der Waals surface area contributed by atoms with Crippen molar-refractivity contribution in [1.29, 1.82) is 0 Å². The maximum Gasteiger partial charge on any atom is 0.246 e. The molecule has 0 saturated carbocycles. The van der Waals surface area contributed by atoms with Crippen LogP contribution < -0.4 is 20.1 Å². The second-order valence-electron chi connectivity index (χ2n) is 4.93. The van der Waals surface area contributed by atoms with E-state index in [0.29, 0.717) is 11.5 Å². The third kappa shape index (κ3) is 4.63. The van der Waals surface area contributed by atoms with Crippen molar-refractivity contribution in [2.75, 3.05) is 24.9 Å². The van der Waals surface area contributed by atoms with E-state index in [1.54, 1.807) is 33.3 Å². The Bertz CT molecular complexity index is 674. The van der Waals surface area contributed by atoms with Crippen LogP contribution in [0.4, 0.5) is 11.4 Å². The van der Waals surface area contributed by atoms with E-state index < -0.39 is 6.04 Å². The van der Waals surface area contributed by atoms with Crippen LogP contribution in [0.1, 0.15) is 6.92 Å². The van der Waals surface area contributed by atoms with Crippen molar-refractivity contribution in [1.82, 2.24) is 0 Å². The second kappa shape index (κ2) is 7.87. The normalized spacial score (nSPS) is 11.5. The van der Waals surface area contributed by atoms with E-state index in [1.807, 2.05) is 30.3 Å². The molecule has 0 aliphatic carbocycles. The largest absolute Gasteiger partial charge is 0.493 e. The molecule has 0 radical (unpaired) electrons. The van der Waals surface area contributed by atoms with Crippen LogP contribution in [0.5, 0.6) is 11.5 Å². The summed E-state index contributed by atoms with van der Waals surface area (Å²) in [4.78, 5) is 12.2. The van der Waals surface area contributed by atoms with E-state index in [1.165, 1.54) is 0 Å². The number of rotatable bonds is 6. The fourth-order valence-corrected chi connectivity index (χ4v) is 2.29. The van der Waals surface area contributed by atoms with Crippen LogP contribution in [0.25, 0.3) is 0 Å². The lowest BCUT2D eigenvalue weighted by Crippen LogP contribution is -2.31. The molecule has 0 fully saturated rings. The molecule has 2 rings (SSSR count). The van der Waals surface area contributed by atoms with Gasteiger partial charge in [0.15, 0.2) is 11.5 Å². The lowest BCUT2D eigenvalue weighted by molar-refractivity contribution is -0.116. The number of carbonyl (C=O) groups excluding carboxylic acids is 1. The van der Waals surface area contributed by atoms with Gasteiger partial charge in [0.25, 0.3) is 0 Å². The maximum atomic E-state index is 12.2. The van der Waals surface area contributed by atoms with Gasteiger partial charge < -0.3 is 20.1 Å². The maximum absolute atomic E-state index is 12.2. The Balaban J connectivity index is 2.01. The van der Waals surface area contributed by atoms with Crippen LogP contribution in [-0.4, -0.2) is 26.2 Å². The minimum atomic E-state index is -0.406. The van der Waals surface area contributed by atoms with E-state index in [9.17, 15) is 4.79 Å². The minimum absolute atomic E-state index is 0.123. The van der Waals surface area contributed by atoms with Crippen molar-refractivity contribution in [3.05, 3.63) is 46.9 Å². The molecule has 2 N–H and O–H groups in total. The standard InChI is InChI=1S/C17H19BrN2O3/c1-11(17(21)20-13-6-4-12(18)5-7-13)19-14-8-9-15(22-2)16(10-14)23-3/h4-11,19H,1-3H3,(H,20,21). The number of benzene rings is 2. The average Bonchev–Trinajstić information content (AvgIpc) is 2.56. The highest BCUT2D eigenvalue weighted by atomic mass is 79.9. The van der Waals surface area contributed by atoms with Crippen LogP contribution >= 0.6 is 15.9 Å². The van der Waals surface area contributed by atoms with Crippen molar-refractivity contribution in [2.45, 2.75) is 13.0 Å². The monoisotopic (exact) mass is 378 g/mol. The summed E-state index contributed by atoms with van der Waals surface area (Å²) in [6.45, 7) is 1.80. The third-order valence-electron chi connectivity index (χ3n) is 3.27. The molecule has 0 heterocycles. The fourth-order valence-electron chi connectivity index (χ4n) is 2.03. The molecule has 0 saturated heterocycles. The Morgan fingerprint density at radius 3 is 2.22 bits per heavy atom. The second-order valence-corrected chi connectivity index (χ2v) is 5.85. The predicted molar refractivity (Wildman–Crippen MR) is 95.4 cm³/mol. The number of methoxy groups -OCH3 is 2. The number of anilines is 2. The highest BCUT2D eigenvalue weighted by molar-refractivity contribution is 9.10. The molecule has 2 aromatic carbocycles. The smallest absolute Gasteiger partial charge is 0.246 e. The Morgan fingerprint density at radius 1 is 1.00 bits per heavy atom. The zero-order chi connectivity index (χ0) is 16.8. The van der Waals surface area contributed by atoms with Gasteiger partial charge in [-0.25, -0.2) is 0 Å². The van der Waals surface area contributed by atoms with Gasteiger partial charge in [0, 0.05) is 21.9 Å². The third-order valence-corrected chi connectivity index (χ3v) is 3.80. The summed E-state index contributed by atoms with van der Waals surface area (Å²) >= 11 is 3.36. The lowest BCUT2D eigenvalue weighted by Gasteiger charge is -2.17. The first-order chi connectivity index (χ1) is 11.0. The Hall–Kier alpha value is -2.21. The molecule has 0 aliphatic heterocycles. The fraction of sp³-hybridized carbons (Fsp3) is 0.235. The SMILES string of the molecule is COc1ccc(NC(C)C(=O)Nc2ccc(Br)cc2)cc1OC. The minimum Gasteiger partial charge on any atom is -0.493 e. The van der Waals surface area contributed by atoms with E-state index in [2.05, 4.69) is 26.6 Å². The number of halogens is 1. The van der Waals surface area contributed by atoms with Gasteiger partial charge >= 0.3 is 0 Å². The van der Waals surface area contributed by atoms with Crippen LogP contribution in [0.3, 0.4) is 0 Å². The highest BCUT2D eigenvalue weighted by Gasteiger charge is 2.14. The van der Waals surface area contributed by atoms with Crippen LogP contribution in [0, 0.1) is 0 Å². The topological polar surface area (TPSA) is 59.6 Å². The zero-order valence-electron chi connectivity index (χ0n) is 13.2. The molecule has 1 amide bonds. The van der Waals surface area contributed by atoms with Crippen LogP contribution in [0.15, 0.2) is 46.9 Å². The Morgan fingerprint density at radius 2 is 1.61 bits per heavy atom. The Labute approximate surface area is 144 Å². The summed E-state index contributed by atoms with van der Waals surface area (Å²) in [7, 11) is 3.16. The number of amides is 1. The summed E-state index contributed by atoms with van der Waals surface area (Å²) in [5.74, 6) is 1.13. The molecule has 5 nitrogen and oxygen atoms in total. The molecule has 1 atom stereocenters. The molecular formula is C17H19BrN2O3. The van der Waals surface area contributed by atoms with Crippen molar-refractivity contribution in [3.63, 3.8) is 0 Å². The molecule has 0 bridgehead atoms. The van der Waals surface area contributed by atoms with Crippen molar-refractivity contribution in [3.8, 4) is 11.5 Å². The summed E-state index contributed by atoms with van der Waals surface area (Å²) in [6, 6.07) is 12.4. The molecule has 0 spiro atoms. The molecule has 0 aromatic heterocycles. The quantitative estimate of drug-likeness (QED) is 0.799. The van der Waals surface area contributed by atoms with Gasteiger partial charge in [-0.2, -0.15) is 0 Å². The van der Waals surface area contributed by atoms with Crippen molar-refractivity contribution in [2.24, 2.45) is 0 Å². The average molecular weight is 379 g/mol. The van der Waals surface area contributed by atoms with Crippen molar-refractivity contribution >= 4 is 33.2 Å². The molecule has 122 valence electrons. The van der Waals surface area contributed by atoms with Gasteiger partial charge in [0.05, 0.1) is 14.2 Å². The number of hydrogen-bond acceptors (Lipinski definition) is 4. The lowest BCUT2D eigenvalue weighted by atomic mass is 10.2. The molecule has 2 aromatic rings. The first-order valence-corrected chi connectivity index (χ1v) is 7.87. The summed E-state index contributed by atoms with van der Waals surface area (Å²) in [5, 5.41) is 6.00. The van der Waals surface area contributed by atoms with Gasteiger partial charge in [0.2, 0.25) is 5.91 Å². The Kier molecular flexibility index (Phi) is 5.87. The van der Waals surface area contributed by atoms with Gasteiger partial charge in [0.1, 0.15) is 6.04 Å². The van der Waals surface area contributed by atoms with Crippen LogP contribution in [-0.2, 0) is 4.79 Å². The summed E-state index contributed by atoms with van der Waals surface area (Å²) < 4.78 is 11.4. The number of nitrogens with one attached hydrogen (secondary N) is 2. The molecule has 23 heavy (non-hydrogen) atoms. The summed E-state index contributed by atoms with van der Waals surface area (Å²) in [5.41, 5.74) is 1.53. The summed E-state index contributed by atoms with van der Waals surface area (Å²) in [6.07, 6.45) is 0.